The van der Waals surface area contributed by atoms with Gasteiger partial charge in [0.25, 0.3) is 0 Å². The number of rotatable bonds is 3. The van der Waals surface area contributed by atoms with Crippen molar-refractivity contribution in [3.63, 3.8) is 0 Å². The maximum Gasteiger partial charge on any atom is 0.171 e. The van der Waals surface area contributed by atoms with Crippen LogP contribution < -0.4 is 0 Å². The Morgan fingerprint density at radius 3 is 2.38 bits per heavy atom. The van der Waals surface area contributed by atoms with Gasteiger partial charge >= 0.3 is 0 Å². The predicted molar refractivity (Wildman–Crippen MR) is 57.3 cm³/mol. The Kier molecular flexibility index (Phi) is 4.52. The van der Waals surface area contributed by atoms with E-state index in [1.165, 1.54) is 18.4 Å². The van der Waals surface area contributed by atoms with Crippen LogP contribution in [0.25, 0.3) is 0 Å². The smallest absolute Gasteiger partial charge is 0.171 e. The number of allylic oxidation sites excluding steroid dienone is 1. The second-order valence-corrected chi connectivity index (χ2v) is 6.27. The van der Waals surface area contributed by atoms with E-state index in [2.05, 4.69) is 13.1 Å². The van der Waals surface area contributed by atoms with Gasteiger partial charge in [0.2, 0.25) is 0 Å². The first-order valence-electron chi connectivity index (χ1n) is 5.08. The lowest BCUT2D eigenvalue weighted by Crippen LogP contribution is -2.23. The Morgan fingerprint density at radius 2 is 1.92 bits per heavy atom. The summed E-state index contributed by atoms with van der Waals surface area (Å²) in [7, 11) is 0.888. The summed E-state index contributed by atoms with van der Waals surface area (Å²) in [6.45, 7) is 4.47. The highest BCUT2D eigenvalue weighted by Gasteiger charge is 2.17. The molecule has 1 aliphatic carbocycles. The van der Waals surface area contributed by atoms with Gasteiger partial charge in [0.05, 0.1) is 13.4 Å². The van der Waals surface area contributed by atoms with Gasteiger partial charge in [-0.3, -0.25) is 0 Å². The fourth-order valence-electron chi connectivity index (χ4n) is 1.77. The molecule has 0 saturated heterocycles. The van der Waals surface area contributed by atoms with Crippen LogP contribution in [0.1, 0.15) is 25.7 Å². The minimum Gasteiger partial charge on any atom is -0.504 e. The van der Waals surface area contributed by atoms with Gasteiger partial charge in [0, 0.05) is 6.10 Å². The molecular weight excluding hydrogens is 180 g/mol. The van der Waals surface area contributed by atoms with Gasteiger partial charge in [-0.1, -0.05) is 0 Å². The van der Waals surface area contributed by atoms with Crippen molar-refractivity contribution in [2.45, 2.75) is 44.9 Å². The Labute approximate surface area is 82.7 Å². The second kappa shape index (κ2) is 5.45. The van der Waals surface area contributed by atoms with Gasteiger partial charge < -0.3 is 9.16 Å². The van der Waals surface area contributed by atoms with Gasteiger partial charge in [0.15, 0.2) is 9.04 Å². The standard InChI is InChI=1S/C10H20O2Si/c1-11-8-9-4-6-10(7-5-9)12-13(2)3/h8,10,13H,4-7H2,1-3H3. The summed E-state index contributed by atoms with van der Waals surface area (Å²) >= 11 is 0. The first-order chi connectivity index (χ1) is 6.22. The lowest BCUT2D eigenvalue weighted by molar-refractivity contribution is 0.169. The molecule has 0 bridgehead atoms. The number of hydrogen-bond acceptors (Lipinski definition) is 2. The molecule has 0 N–H and O–H groups in total. The minimum absolute atomic E-state index is 0.528. The van der Waals surface area contributed by atoms with Crippen LogP contribution >= 0.6 is 0 Å². The molecule has 0 unspecified atom stereocenters. The summed E-state index contributed by atoms with van der Waals surface area (Å²) in [5.74, 6) is 0. The molecule has 76 valence electrons. The molecule has 0 aromatic carbocycles. The molecule has 1 fully saturated rings. The van der Waals surface area contributed by atoms with Crippen LogP contribution in [0.3, 0.4) is 0 Å². The molecule has 1 saturated carbocycles. The first kappa shape index (κ1) is 10.8. The van der Waals surface area contributed by atoms with Crippen molar-refractivity contribution in [3.8, 4) is 0 Å². The maximum absolute atomic E-state index is 5.89. The fraction of sp³-hybridized carbons (Fsp3) is 0.800. The average Bonchev–Trinajstić information content (AvgIpc) is 2.08. The highest BCUT2D eigenvalue weighted by atomic mass is 28.3. The Balaban J connectivity index is 2.26. The summed E-state index contributed by atoms with van der Waals surface area (Å²) in [6.07, 6.45) is 7.09. The van der Waals surface area contributed by atoms with Crippen LogP contribution in [0.15, 0.2) is 11.8 Å². The van der Waals surface area contributed by atoms with E-state index in [1.54, 1.807) is 7.11 Å². The summed E-state index contributed by atoms with van der Waals surface area (Å²) in [5.41, 5.74) is 1.44. The highest BCUT2D eigenvalue weighted by molar-refractivity contribution is 6.48. The van der Waals surface area contributed by atoms with Gasteiger partial charge in [0.1, 0.15) is 0 Å². The molecule has 13 heavy (non-hydrogen) atoms. The summed E-state index contributed by atoms with van der Waals surface area (Å²) in [4.78, 5) is 0. The van der Waals surface area contributed by atoms with Crippen LogP contribution in [0, 0.1) is 0 Å². The van der Waals surface area contributed by atoms with E-state index in [0.29, 0.717) is 6.10 Å². The van der Waals surface area contributed by atoms with E-state index in [-0.39, 0.29) is 0 Å². The van der Waals surface area contributed by atoms with Crippen molar-refractivity contribution in [3.05, 3.63) is 11.8 Å². The van der Waals surface area contributed by atoms with Crippen molar-refractivity contribution in [1.29, 1.82) is 0 Å². The van der Waals surface area contributed by atoms with E-state index < -0.39 is 9.04 Å². The Hall–Kier alpha value is -0.283. The molecule has 0 aromatic heterocycles. The van der Waals surface area contributed by atoms with Gasteiger partial charge in [-0.05, 0) is 44.4 Å². The number of hydrogen-bond donors (Lipinski definition) is 0. The van der Waals surface area contributed by atoms with E-state index >= 15 is 0 Å². The van der Waals surface area contributed by atoms with Crippen LogP contribution in [0.5, 0.6) is 0 Å². The minimum atomic E-state index is -0.831. The van der Waals surface area contributed by atoms with Gasteiger partial charge in [-0.25, -0.2) is 0 Å². The van der Waals surface area contributed by atoms with Crippen LogP contribution in [0.4, 0.5) is 0 Å². The lowest BCUT2D eigenvalue weighted by atomic mass is 9.94. The third kappa shape index (κ3) is 3.96. The van der Waals surface area contributed by atoms with Crippen molar-refractivity contribution in [2.24, 2.45) is 0 Å². The summed E-state index contributed by atoms with van der Waals surface area (Å²) in [6, 6.07) is 0. The molecule has 0 aliphatic heterocycles. The van der Waals surface area contributed by atoms with Crippen molar-refractivity contribution < 1.29 is 9.16 Å². The largest absolute Gasteiger partial charge is 0.504 e. The molecule has 0 atom stereocenters. The zero-order valence-corrected chi connectivity index (χ0v) is 10.0. The van der Waals surface area contributed by atoms with Crippen LogP contribution in [-0.2, 0) is 9.16 Å². The molecule has 0 radical (unpaired) electrons. The summed E-state index contributed by atoms with van der Waals surface area (Å²) in [5, 5.41) is 0. The van der Waals surface area contributed by atoms with E-state index in [1.807, 2.05) is 6.26 Å². The quantitative estimate of drug-likeness (QED) is 0.514. The third-order valence-electron chi connectivity index (χ3n) is 2.32. The molecule has 1 rings (SSSR count). The molecule has 1 aliphatic rings. The van der Waals surface area contributed by atoms with Crippen LogP contribution in [0.2, 0.25) is 13.1 Å². The Bertz CT molecular complexity index is 168. The topological polar surface area (TPSA) is 18.5 Å². The lowest BCUT2D eigenvalue weighted by Gasteiger charge is -2.25. The summed E-state index contributed by atoms with van der Waals surface area (Å²) < 4.78 is 10.9. The third-order valence-corrected chi connectivity index (χ3v) is 3.25. The van der Waals surface area contributed by atoms with E-state index in [0.717, 1.165) is 12.8 Å². The first-order valence-corrected chi connectivity index (χ1v) is 7.86. The van der Waals surface area contributed by atoms with Gasteiger partial charge in [-0.15, -0.1) is 0 Å². The number of methoxy groups -OCH3 is 1. The molecule has 0 aromatic rings. The van der Waals surface area contributed by atoms with Crippen LogP contribution in [-0.4, -0.2) is 22.3 Å². The van der Waals surface area contributed by atoms with Crippen molar-refractivity contribution in [2.75, 3.05) is 7.11 Å². The SMILES string of the molecule is COC=C1CCC(O[SiH](C)C)CC1. The zero-order valence-electron chi connectivity index (χ0n) is 8.88. The molecular formula is C10H20O2Si. The molecule has 2 nitrogen and oxygen atoms in total. The molecule has 0 spiro atoms. The normalized spacial score (nSPS) is 23.4. The monoisotopic (exact) mass is 200 g/mol. The van der Waals surface area contributed by atoms with Crippen molar-refractivity contribution >= 4 is 9.04 Å². The van der Waals surface area contributed by atoms with Crippen molar-refractivity contribution in [1.82, 2.24) is 0 Å². The molecule has 0 heterocycles. The fourth-order valence-corrected chi connectivity index (χ4v) is 2.81. The predicted octanol–water partition coefficient (Wildman–Crippen LogP) is 2.46. The number of ether oxygens (including phenoxy) is 1. The molecule has 3 heteroatoms. The maximum atomic E-state index is 5.89. The average molecular weight is 200 g/mol. The van der Waals surface area contributed by atoms with E-state index in [9.17, 15) is 0 Å². The highest BCUT2D eigenvalue weighted by Crippen LogP contribution is 2.25. The van der Waals surface area contributed by atoms with E-state index in [4.69, 9.17) is 9.16 Å². The van der Waals surface area contributed by atoms with Gasteiger partial charge in [-0.2, -0.15) is 0 Å². The second-order valence-electron chi connectivity index (χ2n) is 3.90. The Morgan fingerprint density at radius 1 is 1.31 bits per heavy atom. The molecule has 0 amide bonds. The zero-order chi connectivity index (χ0) is 9.68.